The summed E-state index contributed by atoms with van der Waals surface area (Å²) in [4.78, 5) is 25.3. The maximum atomic E-state index is 12.7. The Balaban J connectivity index is 0.000000142. The normalized spacial score (nSPS) is 36.3. The van der Waals surface area contributed by atoms with Crippen molar-refractivity contribution in [1.82, 2.24) is 10.2 Å². The van der Waals surface area contributed by atoms with Crippen molar-refractivity contribution < 1.29 is 24.2 Å². The van der Waals surface area contributed by atoms with Crippen molar-refractivity contribution in [2.45, 2.75) is 103 Å². The number of carboxylic acids is 1. The van der Waals surface area contributed by atoms with E-state index >= 15 is 0 Å². The van der Waals surface area contributed by atoms with Crippen LogP contribution >= 0.6 is 0 Å². The number of aliphatic carboxylic acids is 1. The number of morpholine rings is 2. The SMILES string of the molecule is C1COC[C@H](C2CC2)N1.CC1CCC(C(=O)N2CCOC[C@@H]2C2CC2)CC1.CC1CCC(C(=O)O)CC1. The molecule has 6 rings (SSSR count). The van der Waals surface area contributed by atoms with E-state index in [2.05, 4.69) is 24.1 Å². The van der Waals surface area contributed by atoms with Crippen molar-refractivity contribution in [2.75, 3.05) is 39.5 Å². The van der Waals surface area contributed by atoms with E-state index in [4.69, 9.17) is 14.6 Å². The molecule has 0 spiro atoms. The number of ether oxygens (including phenoxy) is 2. The third kappa shape index (κ3) is 9.21. The highest BCUT2D eigenvalue weighted by molar-refractivity contribution is 5.79. The summed E-state index contributed by atoms with van der Waals surface area (Å²) in [6.45, 7) is 9.75. The van der Waals surface area contributed by atoms with Gasteiger partial charge in [-0.3, -0.25) is 9.59 Å². The fraction of sp³-hybridized carbons (Fsp3) is 0.933. The van der Waals surface area contributed by atoms with Crippen LogP contribution in [-0.2, 0) is 19.1 Å². The summed E-state index contributed by atoms with van der Waals surface area (Å²) in [7, 11) is 0. The molecule has 2 N–H and O–H groups in total. The van der Waals surface area contributed by atoms with Crippen LogP contribution in [0.5, 0.6) is 0 Å². The lowest BCUT2D eigenvalue weighted by molar-refractivity contribution is -0.146. The van der Waals surface area contributed by atoms with Crippen molar-refractivity contribution in [3.05, 3.63) is 0 Å². The Labute approximate surface area is 224 Å². The van der Waals surface area contributed by atoms with Crippen molar-refractivity contribution in [3.8, 4) is 0 Å². The third-order valence-electron chi connectivity index (χ3n) is 9.49. The predicted octanol–water partition coefficient (Wildman–Crippen LogP) is 4.73. The molecule has 4 aliphatic carbocycles. The van der Waals surface area contributed by atoms with Crippen LogP contribution in [0.3, 0.4) is 0 Å². The van der Waals surface area contributed by atoms with Gasteiger partial charge in [-0.1, -0.05) is 13.8 Å². The predicted molar refractivity (Wildman–Crippen MR) is 144 cm³/mol. The largest absolute Gasteiger partial charge is 0.481 e. The summed E-state index contributed by atoms with van der Waals surface area (Å²) in [5.74, 6) is 3.33. The van der Waals surface area contributed by atoms with Crippen LogP contribution in [0.4, 0.5) is 0 Å². The van der Waals surface area contributed by atoms with Gasteiger partial charge in [-0.2, -0.15) is 0 Å². The smallest absolute Gasteiger partial charge is 0.306 e. The molecule has 7 heteroatoms. The molecule has 0 aromatic rings. The maximum absolute atomic E-state index is 12.7. The minimum absolute atomic E-state index is 0.0452. The van der Waals surface area contributed by atoms with E-state index in [0.717, 1.165) is 102 Å². The Kier molecular flexibility index (Phi) is 11.1. The van der Waals surface area contributed by atoms with E-state index in [1.807, 2.05) is 0 Å². The minimum atomic E-state index is -0.605. The number of rotatable bonds is 4. The van der Waals surface area contributed by atoms with Crippen LogP contribution in [-0.4, -0.2) is 73.5 Å². The number of hydrogen-bond acceptors (Lipinski definition) is 5. The molecule has 0 bridgehead atoms. The quantitative estimate of drug-likeness (QED) is 0.557. The molecular formula is C30H52N2O5. The molecule has 1 amide bonds. The van der Waals surface area contributed by atoms with Gasteiger partial charge in [-0.05, 0) is 101 Å². The highest BCUT2D eigenvalue weighted by Gasteiger charge is 2.41. The van der Waals surface area contributed by atoms with Crippen molar-refractivity contribution in [3.63, 3.8) is 0 Å². The Morgan fingerprint density at radius 3 is 1.81 bits per heavy atom. The van der Waals surface area contributed by atoms with Gasteiger partial charge in [0.05, 0.1) is 38.4 Å². The summed E-state index contributed by atoms with van der Waals surface area (Å²) in [6, 6.07) is 1.09. The Morgan fingerprint density at radius 1 is 0.730 bits per heavy atom. The Bertz CT molecular complexity index is 703. The number of nitrogens with zero attached hydrogens (tertiary/aromatic N) is 1. The van der Waals surface area contributed by atoms with Gasteiger partial charge in [0.25, 0.3) is 0 Å². The molecule has 6 aliphatic rings. The zero-order valence-electron chi connectivity index (χ0n) is 23.4. The second-order valence-electron chi connectivity index (χ2n) is 12.7. The molecule has 0 aromatic heterocycles. The highest BCUT2D eigenvalue weighted by Crippen LogP contribution is 2.38. The first-order chi connectivity index (χ1) is 17.9. The molecule has 4 saturated carbocycles. The molecule has 2 aliphatic heterocycles. The van der Waals surface area contributed by atoms with Gasteiger partial charge in [0.2, 0.25) is 5.91 Å². The fourth-order valence-electron chi connectivity index (χ4n) is 6.40. The lowest BCUT2D eigenvalue weighted by Crippen LogP contribution is -2.52. The monoisotopic (exact) mass is 520 g/mol. The average molecular weight is 521 g/mol. The van der Waals surface area contributed by atoms with E-state index < -0.39 is 5.97 Å². The summed E-state index contributed by atoms with van der Waals surface area (Å²) in [5, 5.41) is 12.1. The van der Waals surface area contributed by atoms with E-state index in [1.54, 1.807) is 0 Å². The van der Waals surface area contributed by atoms with E-state index in [1.165, 1.54) is 38.5 Å². The van der Waals surface area contributed by atoms with E-state index in [9.17, 15) is 9.59 Å². The summed E-state index contributed by atoms with van der Waals surface area (Å²) >= 11 is 0. The van der Waals surface area contributed by atoms with E-state index in [-0.39, 0.29) is 5.92 Å². The molecule has 0 unspecified atom stereocenters. The number of hydrogen-bond donors (Lipinski definition) is 2. The molecular weight excluding hydrogens is 468 g/mol. The van der Waals surface area contributed by atoms with Crippen LogP contribution in [0.1, 0.15) is 90.9 Å². The molecule has 7 nitrogen and oxygen atoms in total. The molecule has 6 fully saturated rings. The van der Waals surface area contributed by atoms with Crippen LogP contribution in [0.25, 0.3) is 0 Å². The first-order valence-electron chi connectivity index (χ1n) is 15.3. The van der Waals surface area contributed by atoms with Gasteiger partial charge >= 0.3 is 5.97 Å². The number of carboxylic acid groups (broad SMARTS) is 1. The maximum Gasteiger partial charge on any atom is 0.306 e. The number of carbonyl (C=O) groups excluding carboxylic acids is 1. The summed E-state index contributed by atoms with van der Waals surface area (Å²) in [6.07, 6.45) is 14.1. The van der Waals surface area contributed by atoms with Crippen LogP contribution < -0.4 is 5.32 Å². The van der Waals surface area contributed by atoms with E-state index in [0.29, 0.717) is 23.9 Å². The Morgan fingerprint density at radius 2 is 1.30 bits per heavy atom. The summed E-state index contributed by atoms with van der Waals surface area (Å²) in [5.41, 5.74) is 0. The van der Waals surface area contributed by atoms with Gasteiger partial charge in [0, 0.05) is 25.0 Å². The van der Waals surface area contributed by atoms with Crippen LogP contribution in [0.2, 0.25) is 0 Å². The molecule has 0 radical (unpaired) electrons. The van der Waals surface area contributed by atoms with Crippen molar-refractivity contribution in [1.29, 1.82) is 0 Å². The Hall–Kier alpha value is -1.18. The lowest BCUT2D eigenvalue weighted by atomic mass is 9.82. The van der Waals surface area contributed by atoms with Gasteiger partial charge < -0.3 is 24.8 Å². The molecule has 37 heavy (non-hydrogen) atoms. The standard InChI is InChI=1S/C15H25NO2.C8H14O2.C7H13NO/c1-11-2-4-13(5-3-11)15(17)16-8-9-18-10-14(16)12-6-7-12;1-6-2-4-7(5-3-6)8(9)10;1-2-6(1)7-5-9-4-3-8-7/h11-14H,2-10H2,1H3;6-7H,2-5H2,1H3,(H,9,10);6-8H,1-5H2/t11?,13?,14-;;7-/m1.1/s1. The molecule has 212 valence electrons. The lowest BCUT2D eigenvalue weighted by Gasteiger charge is -2.39. The fourth-order valence-corrected chi connectivity index (χ4v) is 6.40. The zero-order chi connectivity index (χ0) is 26.2. The number of amides is 1. The van der Waals surface area contributed by atoms with Gasteiger partial charge in [-0.25, -0.2) is 0 Å². The first kappa shape index (κ1) is 28.8. The number of nitrogens with one attached hydrogen (secondary N) is 1. The molecule has 2 atom stereocenters. The van der Waals surface area contributed by atoms with Crippen molar-refractivity contribution >= 4 is 11.9 Å². The molecule has 2 saturated heterocycles. The van der Waals surface area contributed by atoms with Crippen LogP contribution in [0.15, 0.2) is 0 Å². The summed E-state index contributed by atoms with van der Waals surface area (Å²) < 4.78 is 10.9. The zero-order valence-corrected chi connectivity index (χ0v) is 23.4. The average Bonchev–Trinajstić information content (AvgIpc) is 3.84. The van der Waals surface area contributed by atoms with Gasteiger partial charge in [-0.15, -0.1) is 0 Å². The van der Waals surface area contributed by atoms with Gasteiger partial charge in [0.15, 0.2) is 0 Å². The molecule has 2 heterocycles. The highest BCUT2D eigenvalue weighted by atomic mass is 16.5. The molecule has 0 aromatic carbocycles. The second-order valence-corrected chi connectivity index (χ2v) is 12.7. The first-order valence-corrected chi connectivity index (χ1v) is 15.3. The minimum Gasteiger partial charge on any atom is -0.481 e. The number of carbonyl (C=O) groups is 2. The van der Waals surface area contributed by atoms with Crippen LogP contribution in [0, 0.1) is 35.5 Å². The van der Waals surface area contributed by atoms with Crippen molar-refractivity contribution in [2.24, 2.45) is 35.5 Å². The van der Waals surface area contributed by atoms with Gasteiger partial charge in [0.1, 0.15) is 0 Å². The second kappa shape index (κ2) is 14.3. The third-order valence-corrected chi connectivity index (χ3v) is 9.49. The topological polar surface area (TPSA) is 88.1 Å².